The summed E-state index contributed by atoms with van der Waals surface area (Å²) in [5.74, 6) is 3.46. The van der Waals surface area contributed by atoms with Crippen molar-refractivity contribution in [3.05, 3.63) is 47.5 Å². The number of ether oxygens (including phenoxy) is 1. The zero-order chi connectivity index (χ0) is 19.1. The topological polar surface area (TPSA) is 63.5 Å². The van der Waals surface area contributed by atoms with E-state index in [9.17, 15) is 0 Å². The molecule has 1 aromatic carbocycles. The monoisotopic (exact) mass is 497 g/mol. The third kappa shape index (κ3) is 6.39. The normalized spacial score (nSPS) is 13.1. The van der Waals surface area contributed by atoms with Crippen LogP contribution in [0, 0.1) is 5.92 Å². The average molecular weight is 497 g/mol. The largest absolute Gasteiger partial charge is 0.493 e. The summed E-state index contributed by atoms with van der Waals surface area (Å²) < 4.78 is 7.76. The van der Waals surface area contributed by atoms with Crippen LogP contribution in [-0.4, -0.2) is 35.2 Å². The van der Waals surface area contributed by atoms with Gasteiger partial charge in [0.05, 0.1) is 6.61 Å². The van der Waals surface area contributed by atoms with Crippen LogP contribution in [0.1, 0.15) is 37.7 Å². The Kier molecular flexibility index (Phi) is 9.08. The summed E-state index contributed by atoms with van der Waals surface area (Å²) in [6.07, 6.45) is 5.86. The fraction of sp³-hybridized carbons (Fsp3) is 0.524. The fourth-order valence-electron chi connectivity index (χ4n) is 3.26. The summed E-state index contributed by atoms with van der Waals surface area (Å²) in [4.78, 5) is 9.15. The highest BCUT2D eigenvalue weighted by Crippen LogP contribution is 2.25. The number of hydrogen-bond donors (Lipinski definition) is 2. The van der Waals surface area contributed by atoms with E-state index in [0.717, 1.165) is 56.6 Å². The molecule has 0 fully saturated rings. The smallest absolute Gasteiger partial charge is 0.191 e. The average Bonchev–Trinajstić information content (AvgIpc) is 3.28. The van der Waals surface area contributed by atoms with Gasteiger partial charge >= 0.3 is 0 Å². The maximum atomic E-state index is 5.58. The molecule has 2 aromatic rings. The second kappa shape index (κ2) is 11.3. The Hall–Kier alpha value is -1.77. The van der Waals surface area contributed by atoms with Crippen LogP contribution >= 0.6 is 24.0 Å². The fourth-order valence-corrected chi connectivity index (χ4v) is 3.26. The Morgan fingerprint density at radius 3 is 2.96 bits per heavy atom. The van der Waals surface area contributed by atoms with Crippen LogP contribution in [0.2, 0.25) is 0 Å². The Balaban J connectivity index is 0.00000280. The van der Waals surface area contributed by atoms with Crippen molar-refractivity contribution < 1.29 is 4.74 Å². The number of guanidine groups is 1. The van der Waals surface area contributed by atoms with Crippen molar-refractivity contribution in [3.8, 4) is 5.75 Å². The minimum absolute atomic E-state index is 0. The number of hydrogen-bond acceptors (Lipinski definition) is 3. The van der Waals surface area contributed by atoms with E-state index in [2.05, 4.69) is 59.2 Å². The van der Waals surface area contributed by atoms with Gasteiger partial charge in [-0.25, -0.2) is 9.98 Å². The lowest BCUT2D eigenvalue weighted by Crippen LogP contribution is -2.38. The lowest BCUT2D eigenvalue weighted by Gasteiger charge is -2.13. The summed E-state index contributed by atoms with van der Waals surface area (Å²) in [6.45, 7) is 10.5. The molecule has 0 bridgehead atoms. The Labute approximate surface area is 185 Å². The first-order valence-electron chi connectivity index (χ1n) is 9.92. The van der Waals surface area contributed by atoms with Gasteiger partial charge in [0.1, 0.15) is 18.1 Å². The zero-order valence-electron chi connectivity index (χ0n) is 17.1. The molecule has 2 heterocycles. The molecular weight excluding hydrogens is 465 g/mol. The molecule has 0 saturated carbocycles. The molecule has 1 aromatic heterocycles. The van der Waals surface area contributed by atoms with Gasteiger partial charge in [-0.15, -0.1) is 24.0 Å². The lowest BCUT2D eigenvalue weighted by molar-refractivity contribution is 0.357. The third-order valence-electron chi connectivity index (χ3n) is 4.55. The quantitative estimate of drug-likeness (QED) is 0.334. The summed E-state index contributed by atoms with van der Waals surface area (Å²) >= 11 is 0. The number of fused-ring (bicyclic) bond motifs is 1. The molecule has 6 nitrogen and oxygen atoms in total. The number of aromatic nitrogens is 2. The van der Waals surface area contributed by atoms with Crippen LogP contribution in [0.25, 0.3) is 0 Å². The lowest BCUT2D eigenvalue weighted by atomic mass is 10.1. The maximum Gasteiger partial charge on any atom is 0.191 e. The Bertz CT molecular complexity index is 772. The number of halogens is 1. The van der Waals surface area contributed by atoms with E-state index in [1.807, 2.05) is 12.4 Å². The van der Waals surface area contributed by atoms with Crippen molar-refractivity contribution in [2.24, 2.45) is 10.9 Å². The molecule has 1 aliphatic rings. The molecule has 0 saturated heterocycles. The molecule has 0 spiro atoms. The Morgan fingerprint density at radius 2 is 2.18 bits per heavy atom. The first-order chi connectivity index (χ1) is 13.2. The molecule has 0 atom stereocenters. The van der Waals surface area contributed by atoms with E-state index in [1.165, 1.54) is 11.1 Å². The summed E-state index contributed by atoms with van der Waals surface area (Å²) in [5.41, 5.74) is 2.65. The van der Waals surface area contributed by atoms with Gasteiger partial charge in [-0.2, -0.15) is 0 Å². The summed E-state index contributed by atoms with van der Waals surface area (Å²) in [6, 6.07) is 6.50. The Morgan fingerprint density at radius 1 is 1.32 bits per heavy atom. The van der Waals surface area contributed by atoms with Crippen molar-refractivity contribution in [2.45, 2.75) is 46.7 Å². The minimum Gasteiger partial charge on any atom is -0.493 e. The van der Waals surface area contributed by atoms with Gasteiger partial charge in [0.25, 0.3) is 0 Å². The van der Waals surface area contributed by atoms with Gasteiger partial charge < -0.3 is 19.9 Å². The molecule has 0 aliphatic carbocycles. The number of nitrogens with one attached hydrogen (secondary N) is 2. The predicted molar refractivity (Wildman–Crippen MR) is 125 cm³/mol. The highest BCUT2D eigenvalue weighted by atomic mass is 127. The van der Waals surface area contributed by atoms with Crippen molar-refractivity contribution in [2.75, 3.05) is 19.7 Å². The van der Waals surface area contributed by atoms with E-state index >= 15 is 0 Å². The summed E-state index contributed by atoms with van der Waals surface area (Å²) in [7, 11) is 0. The highest BCUT2D eigenvalue weighted by Gasteiger charge is 2.12. The minimum atomic E-state index is 0. The zero-order valence-corrected chi connectivity index (χ0v) is 19.4. The van der Waals surface area contributed by atoms with Gasteiger partial charge in [0, 0.05) is 38.4 Å². The molecule has 3 rings (SSSR count). The van der Waals surface area contributed by atoms with Gasteiger partial charge in [0.2, 0.25) is 0 Å². The van der Waals surface area contributed by atoms with Crippen LogP contribution < -0.4 is 15.4 Å². The second-order valence-electron chi connectivity index (χ2n) is 7.30. The van der Waals surface area contributed by atoms with Crippen LogP contribution in [0.15, 0.2) is 35.6 Å². The van der Waals surface area contributed by atoms with Gasteiger partial charge in [0.15, 0.2) is 5.96 Å². The van der Waals surface area contributed by atoms with Crippen molar-refractivity contribution in [1.29, 1.82) is 0 Å². The van der Waals surface area contributed by atoms with Crippen molar-refractivity contribution in [3.63, 3.8) is 0 Å². The third-order valence-corrected chi connectivity index (χ3v) is 4.55. The van der Waals surface area contributed by atoms with Crippen LogP contribution in [0.5, 0.6) is 5.75 Å². The summed E-state index contributed by atoms with van der Waals surface area (Å²) in [5, 5.41) is 6.75. The molecule has 0 amide bonds. The predicted octanol–water partition coefficient (Wildman–Crippen LogP) is 3.39. The molecule has 0 unspecified atom stereocenters. The number of aliphatic imine (C=N–C) groups is 1. The first-order valence-corrected chi connectivity index (χ1v) is 9.92. The van der Waals surface area contributed by atoms with E-state index in [4.69, 9.17) is 9.73 Å². The molecule has 0 radical (unpaired) electrons. The van der Waals surface area contributed by atoms with Crippen LogP contribution in [0.4, 0.5) is 0 Å². The van der Waals surface area contributed by atoms with Crippen LogP contribution in [0.3, 0.4) is 0 Å². The maximum absolute atomic E-state index is 5.58. The van der Waals surface area contributed by atoms with Gasteiger partial charge in [-0.1, -0.05) is 26.0 Å². The number of nitrogens with zero attached hydrogens (tertiary/aromatic N) is 3. The standard InChI is InChI=1S/C21H31N5O.HI/c1-4-22-21(25-14-20-23-10-11-26(20)15-16(2)3)24-9-7-17-5-6-19-18(13-17)8-12-27-19;/h5-6,10-11,13,16H,4,7-9,12,14-15H2,1-3H3,(H2,22,24,25);1H. The SMILES string of the molecule is CCNC(=NCc1nccn1CC(C)C)NCCc1ccc2c(c1)CCO2.I. The van der Waals surface area contributed by atoms with E-state index in [-0.39, 0.29) is 24.0 Å². The number of rotatable bonds is 8. The molecule has 7 heteroatoms. The number of imidazole rings is 1. The molecule has 1 aliphatic heterocycles. The molecule has 154 valence electrons. The first kappa shape index (κ1) is 22.5. The molecule has 28 heavy (non-hydrogen) atoms. The van der Waals surface area contributed by atoms with E-state index in [0.29, 0.717) is 12.5 Å². The second-order valence-corrected chi connectivity index (χ2v) is 7.30. The van der Waals surface area contributed by atoms with E-state index < -0.39 is 0 Å². The molecular formula is C21H32IN5O. The highest BCUT2D eigenvalue weighted by molar-refractivity contribution is 14.0. The van der Waals surface area contributed by atoms with Gasteiger partial charge in [-0.3, -0.25) is 0 Å². The van der Waals surface area contributed by atoms with E-state index in [1.54, 1.807) is 0 Å². The van der Waals surface area contributed by atoms with Crippen molar-refractivity contribution >= 4 is 29.9 Å². The van der Waals surface area contributed by atoms with Gasteiger partial charge in [-0.05, 0) is 36.5 Å². The van der Waals surface area contributed by atoms with Crippen molar-refractivity contribution in [1.82, 2.24) is 20.2 Å². The molecule has 2 N–H and O–H groups in total. The van der Waals surface area contributed by atoms with Crippen LogP contribution in [-0.2, 0) is 25.9 Å². The number of benzene rings is 1.